The summed E-state index contributed by atoms with van der Waals surface area (Å²) < 4.78 is 14.6. The molecule has 2 N–H and O–H groups in total. The highest BCUT2D eigenvalue weighted by atomic mass is 19.1. The maximum Gasteiger partial charge on any atom is 0.236 e. The number of aliphatic hydroxyl groups excluding tert-OH is 1. The fourth-order valence-electron chi connectivity index (χ4n) is 6.33. The highest BCUT2D eigenvalue weighted by Gasteiger charge is 2.38. The highest BCUT2D eigenvalue weighted by molar-refractivity contribution is 6.20. The van der Waals surface area contributed by atoms with Gasteiger partial charge in [0, 0.05) is 68.1 Å². The van der Waals surface area contributed by atoms with Crippen molar-refractivity contribution >= 4 is 23.3 Å². The molecule has 0 spiro atoms. The van der Waals surface area contributed by atoms with E-state index in [-0.39, 0.29) is 29.3 Å². The van der Waals surface area contributed by atoms with Gasteiger partial charge in [0.25, 0.3) is 0 Å². The van der Waals surface area contributed by atoms with Gasteiger partial charge < -0.3 is 14.9 Å². The second-order valence-electron chi connectivity index (χ2n) is 11.6. The number of allylic oxidation sites excluding steroid dienone is 2. The number of carbonyl (C=O) groups is 1. The summed E-state index contributed by atoms with van der Waals surface area (Å²) in [5, 5.41) is 14.3. The van der Waals surface area contributed by atoms with E-state index < -0.39 is 0 Å². The van der Waals surface area contributed by atoms with Crippen LogP contribution in [0.4, 0.5) is 4.39 Å². The Kier molecular flexibility index (Phi) is 5.65. The molecule has 5 aliphatic rings. The summed E-state index contributed by atoms with van der Waals surface area (Å²) in [4.78, 5) is 19.1. The summed E-state index contributed by atoms with van der Waals surface area (Å²) in [6.45, 7) is 6.94. The molecule has 37 heavy (non-hydrogen) atoms. The third kappa shape index (κ3) is 4.12. The van der Waals surface area contributed by atoms with E-state index in [1.165, 1.54) is 5.57 Å². The lowest BCUT2D eigenvalue weighted by atomic mass is 9.75. The minimum Gasteiger partial charge on any atom is -0.393 e. The van der Waals surface area contributed by atoms with E-state index in [9.17, 15) is 14.3 Å². The molecular formula is C29H34FN5O2. The number of rotatable bonds is 4. The number of nitrogens with one attached hydrogen (secondary N) is 1. The third-order valence-electron chi connectivity index (χ3n) is 8.33. The number of fused-ring (bicyclic) bond motifs is 2. The minimum absolute atomic E-state index is 0.0958. The fourth-order valence-corrected chi connectivity index (χ4v) is 6.33. The summed E-state index contributed by atoms with van der Waals surface area (Å²) in [6.07, 6.45) is 9.22. The zero-order valence-electron chi connectivity index (χ0n) is 21.9. The summed E-state index contributed by atoms with van der Waals surface area (Å²) >= 11 is 0. The van der Waals surface area contributed by atoms with Crippen molar-refractivity contribution in [1.29, 1.82) is 0 Å². The van der Waals surface area contributed by atoms with Crippen molar-refractivity contribution < 1.29 is 14.3 Å². The van der Waals surface area contributed by atoms with Crippen LogP contribution in [0.5, 0.6) is 0 Å². The molecule has 3 aliphatic heterocycles. The van der Waals surface area contributed by atoms with Crippen LogP contribution in [-0.4, -0.2) is 83.8 Å². The largest absolute Gasteiger partial charge is 0.393 e. The molecule has 0 unspecified atom stereocenters. The molecule has 7 nitrogen and oxygen atoms in total. The van der Waals surface area contributed by atoms with Crippen LogP contribution in [-0.2, 0) is 4.79 Å². The number of likely N-dealkylation sites (N-methyl/N-ethyl adjacent to an activating group) is 2. The maximum absolute atomic E-state index is 14.6. The number of hydrazone groups is 1. The molecular weight excluding hydrogens is 469 g/mol. The third-order valence-corrected chi connectivity index (χ3v) is 8.33. The number of carbonyl (C=O) groups excluding carboxylic acids is 1. The van der Waals surface area contributed by atoms with E-state index >= 15 is 0 Å². The molecule has 6 rings (SSSR count). The van der Waals surface area contributed by atoms with Gasteiger partial charge in [0.2, 0.25) is 5.91 Å². The normalized spacial score (nSPS) is 25.8. The van der Waals surface area contributed by atoms with Crippen molar-refractivity contribution in [2.75, 3.05) is 40.3 Å². The quantitative estimate of drug-likeness (QED) is 0.661. The van der Waals surface area contributed by atoms with Crippen LogP contribution >= 0.6 is 0 Å². The Morgan fingerprint density at radius 2 is 2.08 bits per heavy atom. The molecule has 0 saturated heterocycles. The Morgan fingerprint density at radius 3 is 2.81 bits per heavy atom. The van der Waals surface area contributed by atoms with Gasteiger partial charge in [0.1, 0.15) is 5.82 Å². The molecule has 8 heteroatoms. The van der Waals surface area contributed by atoms with Gasteiger partial charge >= 0.3 is 0 Å². The SMILES string of the molecule is CN1C=C2C(=C(C3=CCN(CC(=O)N(C)C4CC(O)C4)CC3(C)C)C1)NN=C1C=Cc3cc(F)cc2c31. The number of benzene rings is 1. The van der Waals surface area contributed by atoms with Crippen LogP contribution in [0.2, 0.25) is 0 Å². The van der Waals surface area contributed by atoms with E-state index in [0.29, 0.717) is 32.5 Å². The van der Waals surface area contributed by atoms with Crippen LogP contribution < -0.4 is 5.43 Å². The van der Waals surface area contributed by atoms with Crippen LogP contribution in [0.3, 0.4) is 0 Å². The highest BCUT2D eigenvalue weighted by Crippen LogP contribution is 2.43. The second kappa shape index (κ2) is 8.67. The van der Waals surface area contributed by atoms with E-state index in [4.69, 9.17) is 5.10 Å². The molecule has 1 aromatic rings. The topological polar surface area (TPSA) is 71.4 Å². The predicted molar refractivity (Wildman–Crippen MR) is 143 cm³/mol. The molecule has 1 aromatic carbocycles. The second-order valence-corrected chi connectivity index (χ2v) is 11.6. The molecule has 0 aromatic heterocycles. The Bertz CT molecular complexity index is 1330. The Balaban J connectivity index is 1.31. The van der Waals surface area contributed by atoms with Gasteiger partial charge in [0.05, 0.1) is 24.1 Å². The van der Waals surface area contributed by atoms with Crippen molar-refractivity contribution in [2.24, 2.45) is 10.5 Å². The molecule has 2 aliphatic carbocycles. The fraction of sp³-hybridized carbons (Fsp3) is 0.448. The molecule has 1 fully saturated rings. The van der Waals surface area contributed by atoms with Crippen molar-refractivity contribution in [3.8, 4) is 0 Å². The first kappa shape index (κ1) is 24.1. The smallest absolute Gasteiger partial charge is 0.236 e. The van der Waals surface area contributed by atoms with Gasteiger partial charge in [-0.1, -0.05) is 26.0 Å². The standard InChI is InChI=1S/C29H34FN5O2/c1-29(2)16-35(15-26(37)34(4)19-11-20(36)12-19)8-7-24(29)23-14-33(3)13-22-21-10-18(30)9-17-5-6-25(27(17)21)31-32-28(22)23/h5-7,9-10,13,19-20,32,36H,8,11-12,14-16H2,1-4H3. The van der Waals surface area contributed by atoms with Gasteiger partial charge in [0.15, 0.2) is 0 Å². The van der Waals surface area contributed by atoms with Crippen molar-refractivity contribution in [3.63, 3.8) is 0 Å². The molecule has 3 heterocycles. The summed E-state index contributed by atoms with van der Waals surface area (Å²) in [6, 6.07) is 3.32. The summed E-state index contributed by atoms with van der Waals surface area (Å²) in [7, 11) is 3.89. The number of nitrogens with zero attached hydrogens (tertiary/aromatic N) is 4. The Hall–Kier alpha value is -3.23. The number of amides is 1. The van der Waals surface area contributed by atoms with Crippen LogP contribution in [0, 0.1) is 11.2 Å². The molecule has 0 radical (unpaired) electrons. The predicted octanol–water partition coefficient (Wildman–Crippen LogP) is 2.95. The zero-order chi connectivity index (χ0) is 26.1. The van der Waals surface area contributed by atoms with Crippen molar-refractivity contribution in [1.82, 2.24) is 20.1 Å². The lowest BCUT2D eigenvalue weighted by molar-refractivity contribution is -0.137. The van der Waals surface area contributed by atoms with Crippen molar-refractivity contribution in [3.05, 3.63) is 69.8 Å². The van der Waals surface area contributed by atoms with E-state index in [1.54, 1.807) is 17.0 Å². The molecule has 0 atom stereocenters. The average molecular weight is 504 g/mol. The lowest BCUT2D eigenvalue weighted by Crippen LogP contribution is -2.52. The maximum atomic E-state index is 14.6. The number of hydrogen-bond acceptors (Lipinski definition) is 6. The van der Waals surface area contributed by atoms with Gasteiger partial charge in [-0.3, -0.25) is 15.1 Å². The van der Waals surface area contributed by atoms with Gasteiger partial charge in [-0.25, -0.2) is 4.39 Å². The monoisotopic (exact) mass is 503 g/mol. The molecule has 0 bridgehead atoms. The molecule has 1 saturated carbocycles. The van der Waals surface area contributed by atoms with Gasteiger partial charge in [-0.05, 0) is 47.8 Å². The first-order valence-electron chi connectivity index (χ1n) is 13.0. The van der Waals surface area contributed by atoms with Crippen LogP contribution in [0.25, 0.3) is 11.6 Å². The average Bonchev–Trinajstić information content (AvgIpc) is 3.14. The van der Waals surface area contributed by atoms with Gasteiger partial charge in [-0.15, -0.1) is 0 Å². The van der Waals surface area contributed by atoms with Crippen molar-refractivity contribution in [2.45, 2.75) is 38.8 Å². The minimum atomic E-state index is -0.278. The zero-order valence-corrected chi connectivity index (χ0v) is 21.9. The summed E-state index contributed by atoms with van der Waals surface area (Å²) in [5.74, 6) is -0.158. The van der Waals surface area contributed by atoms with E-state index in [0.717, 1.165) is 45.8 Å². The first-order chi connectivity index (χ1) is 17.6. The Morgan fingerprint density at radius 1 is 1.30 bits per heavy atom. The van der Waals surface area contributed by atoms with Gasteiger partial charge in [-0.2, -0.15) is 5.10 Å². The number of halogens is 1. The number of hydrogen-bond donors (Lipinski definition) is 2. The summed E-state index contributed by atoms with van der Waals surface area (Å²) in [5.41, 5.74) is 10.9. The number of aliphatic hydroxyl groups is 1. The van der Waals surface area contributed by atoms with Crippen LogP contribution in [0.1, 0.15) is 43.4 Å². The lowest BCUT2D eigenvalue weighted by Gasteiger charge is -2.43. The van der Waals surface area contributed by atoms with E-state index in [1.807, 2.05) is 26.2 Å². The molecule has 194 valence electrons. The Labute approximate surface area is 217 Å². The first-order valence-corrected chi connectivity index (χ1v) is 13.0. The van der Waals surface area contributed by atoms with E-state index in [2.05, 4.69) is 41.3 Å². The van der Waals surface area contributed by atoms with Crippen LogP contribution in [0.15, 0.2) is 52.4 Å². The molecule has 1 amide bonds.